The second-order valence-corrected chi connectivity index (χ2v) is 8.91. The van der Waals surface area contributed by atoms with Crippen molar-refractivity contribution < 1.29 is 14.0 Å². The SMILES string of the molecule is CC1=C(C(=O)Nc2ccccc2)[C@@H](c2ccco2)C(C#N)=C(SCC(=O)c2cccs2)N1. The first-order valence-corrected chi connectivity index (χ1v) is 11.7. The monoisotopic (exact) mass is 461 g/mol. The molecule has 8 heteroatoms. The Morgan fingerprint density at radius 1 is 1.19 bits per heavy atom. The van der Waals surface area contributed by atoms with E-state index in [9.17, 15) is 14.9 Å². The summed E-state index contributed by atoms with van der Waals surface area (Å²) in [6, 6.07) is 18.4. The highest BCUT2D eigenvalue weighted by Crippen LogP contribution is 2.41. The summed E-state index contributed by atoms with van der Waals surface area (Å²) in [6.07, 6.45) is 1.52. The van der Waals surface area contributed by atoms with E-state index in [0.29, 0.717) is 38.2 Å². The van der Waals surface area contributed by atoms with Gasteiger partial charge in [-0.1, -0.05) is 36.0 Å². The Morgan fingerprint density at radius 2 is 2.00 bits per heavy atom. The number of thiophene rings is 1. The van der Waals surface area contributed by atoms with Crippen LogP contribution >= 0.6 is 23.1 Å². The number of nitriles is 1. The lowest BCUT2D eigenvalue weighted by Crippen LogP contribution is -2.30. The zero-order valence-electron chi connectivity index (χ0n) is 17.1. The highest BCUT2D eigenvalue weighted by Gasteiger charge is 2.36. The van der Waals surface area contributed by atoms with Crippen molar-refractivity contribution in [1.82, 2.24) is 5.32 Å². The lowest BCUT2D eigenvalue weighted by Gasteiger charge is -2.28. The molecule has 0 aliphatic carbocycles. The largest absolute Gasteiger partial charge is 0.468 e. The molecule has 1 amide bonds. The normalized spacial score (nSPS) is 15.8. The Hall–Kier alpha value is -3.54. The van der Waals surface area contributed by atoms with Crippen LogP contribution in [0.5, 0.6) is 0 Å². The number of hydrogen-bond acceptors (Lipinski definition) is 7. The summed E-state index contributed by atoms with van der Waals surface area (Å²) < 4.78 is 5.62. The van der Waals surface area contributed by atoms with Gasteiger partial charge >= 0.3 is 0 Å². The molecule has 1 aliphatic rings. The Morgan fingerprint density at radius 3 is 2.66 bits per heavy atom. The number of Topliss-reactive ketones (excluding diaryl/α,β-unsaturated/α-hetero) is 1. The third-order valence-corrected chi connectivity index (χ3v) is 6.82. The number of nitrogens with zero attached hydrogens (tertiary/aromatic N) is 1. The summed E-state index contributed by atoms with van der Waals surface area (Å²) >= 11 is 2.64. The molecule has 0 unspecified atom stereocenters. The Balaban J connectivity index is 1.65. The first kappa shape index (κ1) is 21.7. The lowest BCUT2D eigenvalue weighted by molar-refractivity contribution is -0.113. The maximum Gasteiger partial charge on any atom is 0.254 e. The van der Waals surface area contributed by atoms with E-state index in [-0.39, 0.29) is 17.4 Å². The van der Waals surface area contributed by atoms with Gasteiger partial charge in [0, 0.05) is 11.4 Å². The molecule has 6 nitrogen and oxygen atoms in total. The fourth-order valence-electron chi connectivity index (χ4n) is 3.43. The van der Waals surface area contributed by atoms with E-state index in [4.69, 9.17) is 4.42 Å². The van der Waals surface area contributed by atoms with E-state index in [1.807, 2.05) is 29.6 Å². The average molecular weight is 462 g/mol. The van der Waals surface area contributed by atoms with Crippen LogP contribution in [0.15, 0.2) is 92.5 Å². The first-order chi connectivity index (χ1) is 15.6. The zero-order chi connectivity index (χ0) is 22.5. The zero-order valence-corrected chi connectivity index (χ0v) is 18.8. The molecule has 4 rings (SSSR count). The van der Waals surface area contributed by atoms with Crippen molar-refractivity contribution in [2.75, 3.05) is 11.1 Å². The van der Waals surface area contributed by atoms with E-state index in [1.54, 1.807) is 37.3 Å². The predicted molar refractivity (Wildman–Crippen MR) is 126 cm³/mol. The number of dihydropyridines is 1. The van der Waals surface area contributed by atoms with Crippen molar-refractivity contribution in [3.05, 3.63) is 98.8 Å². The van der Waals surface area contributed by atoms with Gasteiger partial charge in [0.25, 0.3) is 5.91 Å². The molecule has 160 valence electrons. The van der Waals surface area contributed by atoms with Gasteiger partial charge in [-0.3, -0.25) is 9.59 Å². The van der Waals surface area contributed by atoms with Crippen molar-refractivity contribution in [1.29, 1.82) is 5.26 Å². The van der Waals surface area contributed by atoms with Crippen LogP contribution in [0.3, 0.4) is 0 Å². The molecule has 3 heterocycles. The maximum absolute atomic E-state index is 13.2. The second-order valence-electron chi connectivity index (χ2n) is 6.98. The number of furan rings is 1. The fraction of sp³-hybridized carbons (Fsp3) is 0.125. The number of hydrogen-bond donors (Lipinski definition) is 2. The summed E-state index contributed by atoms with van der Waals surface area (Å²) in [7, 11) is 0. The quantitative estimate of drug-likeness (QED) is 0.464. The smallest absolute Gasteiger partial charge is 0.254 e. The molecule has 1 aromatic carbocycles. The van der Waals surface area contributed by atoms with E-state index >= 15 is 0 Å². The van der Waals surface area contributed by atoms with Crippen molar-refractivity contribution >= 4 is 40.5 Å². The van der Waals surface area contributed by atoms with Gasteiger partial charge in [0.1, 0.15) is 5.76 Å². The number of para-hydroxylation sites is 1. The highest BCUT2D eigenvalue weighted by molar-refractivity contribution is 8.03. The molecular weight excluding hydrogens is 442 g/mol. The lowest BCUT2D eigenvalue weighted by atomic mass is 9.85. The number of nitrogens with one attached hydrogen (secondary N) is 2. The number of allylic oxidation sites excluding steroid dienone is 2. The topological polar surface area (TPSA) is 95.1 Å². The second kappa shape index (κ2) is 9.73. The van der Waals surface area contributed by atoms with Crippen molar-refractivity contribution in [2.45, 2.75) is 12.8 Å². The number of thioether (sulfide) groups is 1. The van der Waals surface area contributed by atoms with Crippen LogP contribution < -0.4 is 10.6 Å². The van der Waals surface area contributed by atoms with Crippen LogP contribution in [-0.2, 0) is 4.79 Å². The van der Waals surface area contributed by atoms with Crippen LogP contribution in [-0.4, -0.2) is 17.4 Å². The minimum absolute atomic E-state index is 0.0135. The summed E-state index contributed by atoms with van der Waals surface area (Å²) in [5.41, 5.74) is 1.99. The van der Waals surface area contributed by atoms with E-state index in [2.05, 4.69) is 16.7 Å². The van der Waals surface area contributed by atoms with Gasteiger partial charge < -0.3 is 15.1 Å². The molecule has 2 aromatic heterocycles. The minimum Gasteiger partial charge on any atom is -0.468 e. The maximum atomic E-state index is 13.2. The third kappa shape index (κ3) is 4.54. The van der Waals surface area contributed by atoms with E-state index < -0.39 is 5.92 Å². The van der Waals surface area contributed by atoms with Crippen molar-refractivity contribution in [3.63, 3.8) is 0 Å². The number of carbonyl (C=O) groups excluding carboxylic acids is 2. The summed E-state index contributed by atoms with van der Waals surface area (Å²) in [5.74, 6) is -0.352. The molecule has 0 radical (unpaired) electrons. The number of amides is 1. The minimum atomic E-state index is -0.681. The number of carbonyl (C=O) groups is 2. The van der Waals surface area contributed by atoms with Gasteiger partial charge in [0.05, 0.1) is 45.1 Å². The molecule has 2 N–H and O–H groups in total. The summed E-state index contributed by atoms with van der Waals surface area (Å²) in [5, 5.41) is 18.5. The highest BCUT2D eigenvalue weighted by atomic mass is 32.2. The van der Waals surface area contributed by atoms with Crippen LogP contribution in [0, 0.1) is 11.3 Å². The summed E-state index contributed by atoms with van der Waals surface area (Å²) in [4.78, 5) is 26.4. The predicted octanol–water partition coefficient (Wildman–Crippen LogP) is 5.29. The molecule has 0 spiro atoms. The van der Waals surface area contributed by atoms with Crippen LogP contribution in [0.1, 0.15) is 28.3 Å². The Labute approximate surface area is 193 Å². The molecule has 1 aliphatic heterocycles. The molecular formula is C24H19N3O3S2. The van der Waals surface area contributed by atoms with Crippen molar-refractivity contribution in [3.8, 4) is 6.07 Å². The number of rotatable bonds is 7. The van der Waals surface area contributed by atoms with Gasteiger partial charge in [-0.2, -0.15) is 5.26 Å². The van der Waals surface area contributed by atoms with Gasteiger partial charge in [0.2, 0.25) is 0 Å². The molecule has 1 atom stereocenters. The van der Waals surface area contributed by atoms with E-state index in [1.165, 1.54) is 29.4 Å². The standard InChI is InChI=1S/C24H19N3O3S2/c1-15-21(23(29)27-16-7-3-2-4-8-16)22(19-9-5-11-30-19)17(13-25)24(26-15)32-14-18(28)20-10-6-12-31-20/h2-12,22,26H,14H2,1H3,(H,27,29)/t22-/m1/s1. The number of benzene rings is 1. The summed E-state index contributed by atoms with van der Waals surface area (Å²) in [6.45, 7) is 1.78. The van der Waals surface area contributed by atoms with Gasteiger partial charge in [-0.05, 0) is 42.6 Å². The Kier molecular flexibility index (Phi) is 6.59. The Bertz CT molecular complexity index is 1220. The number of ketones is 1. The molecule has 0 saturated carbocycles. The molecule has 0 bridgehead atoms. The molecule has 0 fully saturated rings. The van der Waals surface area contributed by atoms with Crippen LogP contribution in [0.2, 0.25) is 0 Å². The average Bonchev–Trinajstić information content (AvgIpc) is 3.52. The number of anilines is 1. The van der Waals surface area contributed by atoms with Gasteiger partial charge in [-0.25, -0.2) is 0 Å². The molecule has 0 saturated heterocycles. The molecule has 32 heavy (non-hydrogen) atoms. The molecule has 3 aromatic rings. The first-order valence-electron chi connectivity index (χ1n) is 9.80. The van der Waals surface area contributed by atoms with Crippen LogP contribution in [0.25, 0.3) is 0 Å². The van der Waals surface area contributed by atoms with Gasteiger partial charge in [0.15, 0.2) is 5.78 Å². The van der Waals surface area contributed by atoms with Crippen LogP contribution in [0.4, 0.5) is 5.69 Å². The van der Waals surface area contributed by atoms with Gasteiger partial charge in [-0.15, -0.1) is 11.3 Å². The third-order valence-electron chi connectivity index (χ3n) is 4.90. The fourth-order valence-corrected chi connectivity index (χ4v) is 5.16. The van der Waals surface area contributed by atoms with Crippen molar-refractivity contribution in [2.24, 2.45) is 0 Å². The van der Waals surface area contributed by atoms with E-state index in [0.717, 1.165) is 0 Å².